The lowest BCUT2D eigenvalue weighted by Gasteiger charge is -2.11. The van der Waals surface area contributed by atoms with Gasteiger partial charge in [0.25, 0.3) is 3.79 Å². The van der Waals surface area contributed by atoms with Crippen LogP contribution in [0.15, 0.2) is 18.2 Å². The van der Waals surface area contributed by atoms with Gasteiger partial charge < -0.3 is 0 Å². The van der Waals surface area contributed by atoms with Gasteiger partial charge in [0.1, 0.15) is 5.82 Å². The van der Waals surface area contributed by atoms with Crippen LogP contribution >= 0.6 is 34.8 Å². The Morgan fingerprint density at radius 2 is 1.93 bits per heavy atom. The maximum absolute atomic E-state index is 12.8. The lowest BCUT2D eigenvalue weighted by atomic mass is 10.1. The van der Waals surface area contributed by atoms with Crippen LogP contribution in [0.3, 0.4) is 0 Å². The molecule has 0 atom stereocenters. The van der Waals surface area contributed by atoms with E-state index in [0.29, 0.717) is 5.56 Å². The lowest BCUT2D eigenvalue weighted by Crippen LogP contribution is -2.20. The highest BCUT2D eigenvalue weighted by Gasteiger charge is 2.32. The Labute approximate surface area is 95.8 Å². The van der Waals surface area contributed by atoms with Gasteiger partial charge in [-0.15, -0.1) is 0 Å². The van der Waals surface area contributed by atoms with E-state index in [1.54, 1.807) is 6.92 Å². The maximum atomic E-state index is 12.8. The first-order chi connectivity index (χ1) is 6.32. The van der Waals surface area contributed by atoms with E-state index in [4.69, 9.17) is 34.8 Å². The van der Waals surface area contributed by atoms with Crippen LogP contribution in [0.4, 0.5) is 4.39 Å². The van der Waals surface area contributed by atoms with Gasteiger partial charge in [-0.3, -0.25) is 4.79 Å². The second-order valence-electron chi connectivity index (χ2n) is 2.79. The van der Waals surface area contributed by atoms with Crippen molar-refractivity contribution in [3.8, 4) is 0 Å². The van der Waals surface area contributed by atoms with Crippen molar-refractivity contribution in [3.05, 3.63) is 35.1 Å². The number of ketones is 1. The fraction of sp³-hybridized carbons (Fsp3) is 0.222. The molecular formula is C9H6Cl3FO. The molecule has 0 bridgehead atoms. The molecule has 0 saturated heterocycles. The van der Waals surface area contributed by atoms with Gasteiger partial charge in [0, 0.05) is 5.56 Å². The van der Waals surface area contributed by atoms with Crippen LogP contribution in [0.5, 0.6) is 0 Å². The number of hydrogen-bond donors (Lipinski definition) is 0. The fourth-order valence-corrected chi connectivity index (χ4v) is 1.30. The summed E-state index contributed by atoms with van der Waals surface area (Å²) in [4.78, 5) is 11.5. The number of benzene rings is 1. The monoisotopic (exact) mass is 254 g/mol. The summed E-state index contributed by atoms with van der Waals surface area (Å²) in [5, 5.41) is 0. The van der Waals surface area contributed by atoms with Gasteiger partial charge in [0.2, 0.25) is 5.78 Å². The molecule has 0 unspecified atom stereocenters. The van der Waals surface area contributed by atoms with Gasteiger partial charge >= 0.3 is 0 Å². The largest absolute Gasteiger partial charge is 0.289 e. The highest BCUT2D eigenvalue weighted by Crippen LogP contribution is 2.31. The zero-order chi connectivity index (χ0) is 10.9. The van der Waals surface area contributed by atoms with Gasteiger partial charge in [-0.05, 0) is 24.6 Å². The first-order valence-electron chi connectivity index (χ1n) is 3.70. The standard InChI is InChI=1S/C9H6Cl3FO/c1-5-2-3-6(13)4-7(5)8(14)9(10,11)12/h2-4H,1H3. The summed E-state index contributed by atoms with van der Waals surface area (Å²) in [6, 6.07) is 3.75. The van der Waals surface area contributed by atoms with Crippen LogP contribution in [0.1, 0.15) is 15.9 Å². The molecule has 0 saturated carbocycles. The SMILES string of the molecule is Cc1ccc(F)cc1C(=O)C(Cl)(Cl)Cl. The molecule has 0 aliphatic carbocycles. The minimum Gasteiger partial charge on any atom is -0.289 e. The molecule has 76 valence electrons. The highest BCUT2D eigenvalue weighted by molar-refractivity contribution is 6.77. The molecule has 5 heteroatoms. The molecular weight excluding hydrogens is 249 g/mol. The minimum absolute atomic E-state index is 0.0880. The van der Waals surface area contributed by atoms with Crippen LogP contribution in [-0.2, 0) is 0 Å². The normalized spacial score (nSPS) is 11.5. The van der Waals surface area contributed by atoms with E-state index < -0.39 is 15.4 Å². The van der Waals surface area contributed by atoms with Gasteiger partial charge in [0.15, 0.2) is 0 Å². The van der Waals surface area contributed by atoms with Crippen LogP contribution in [0.2, 0.25) is 0 Å². The molecule has 0 N–H and O–H groups in total. The number of hydrogen-bond acceptors (Lipinski definition) is 1. The van der Waals surface area contributed by atoms with Gasteiger partial charge in [0.05, 0.1) is 0 Å². The van der Waals surface area contributed by atoms with Gasteiger partial charge in [-0.1, -0.05) is 40.9 Å². The molecule has 0 radical (unpaired) electrons. The van der Waals surface area contributed by atoms with Crippen molar-refractivity contribution < 1.29 is 9.18 Å². The van der Waals surface area contributed by atoms with Crippen LogP contribution in [0.25, 0.3) is 0 Å². The molecule has 1 aromatic carbocycles. The minimum atomic E-state index is -2.04. The number of aryl methyl sites for hydroxylation is 1. The van der Waals surface area contributed by atoms with Crippen molar-refractivity contribution in [1.29, 1.82) is 0 Å². The third-order valence-corrected chi connectivity index (χ3v) is 2.22. The predicted octanol–water partition coefficient (Wildman–Crippen LogP) is 3.69. The number of Topliss-reactive ketones (excluding diaryl/α,β-unsaturated/α-hetero) is 1. The fourth-order valence-electron chi connectivity index (χ4n) is 0.992. The molecule has 0 spiro atoms. The molecule has 0 aliphatic rings. The van der Waals surface area contributed by atoms with E-state index in [-0.39, 0.29) is 5.56 Å². The third kappa shape index (κ3) is 2.59. The Morgan fingerprint density at radius 1 is 1.36 bits per heavy atom. The zero-order valence-electron chi connectivity index (χ0n) is 7.15. The average Bonchev–Trinajstić information content (AvgIpc) is 2.06. The lowest BCUT2D eigenvalue weighted by molar-refractivity contribution is 0.0995. The van der Waals surface area contributed by atoms with Crippen LogP contribution in [0, 0.1) is 12.7 Å². The second kappa shape index (κ2) is 4.05. The average molecular weight is 256 g/mol. The first-order valence-corrected chi connectivity index (χ1v) is 4.83. The topological polar surface area (TPSA) is 17.1 Å². The zero-order valence-corrected chi connectivity index (χ0v) is 9.42. The molecule has 1 aromatic rings. The number of carbonyl (C=O) groups is 1. The second-order valence-corrected chi connectivity index (χ2v) is 5.07. The predicted molar refractivity (Wildman–Crippen MR) is 55.8 cm³/mol. The molecule has 14 heavy (non-hydrogen) atoms. The molecule has 1 nitrogen and oxygen atoms in total. The van der Waals surface area contributed by atoms with Crippen LogP contribution < -0.4 is 0 Å². The summed E-state index contributed by atoms with van der Waals surface area (Å²) < 4.78 is 10.8. The van der Waals surface area contributed by atoms with E-state index in [9.17, 15) is 9.18 Å². The molecule has 0 aliphatic heterocycles. The maximum Gasteiger partial charge on any atom is 0.253 e. The van der Waals surface area contributed by atoms with Gasteiger partial charge in [-0.25, -0.2) is 4.39 Å². The summed E-state index contributed by atoms with van der Waals surface area (Å²) in [6.07, 6.45) is 0. The van der Waals surface area contributed by atoms with E-state index in [1.807, 2.05) is 0 Å². The van der Waals surface area contributed by atoms with E-state index in [1.165, 1.54) is 12.1 Å². The molecule has 0 heterocycles. The summed E-state index contributed by atoms with van der Waals surface area (Å²) in [6.45, 7) is 1.64. The van der Waals surface area contributed by atoms with Crippen molar-refractivity contribution in [3.63, 3.8) is 0 Å². The molecule has 0 fully saturated rings. The van der Waals surface area contributed by atoms with E-state index in [0.717, 1.165) is 6.07 Å². The van der Waals surface area contributed by atoms with Crippen LogP contribution in [-0.4, -0.2) is 9.58 Å². The third-order valence-electron chi connectivity index (χ3n) is 1.70. The number of alkyl halides is 3. The smallest absolute Gasteiger partial charge is 0.253 e. The highest BCUT2D eigenvalue weighted by atomic mass is 35.6. The Balaban J connectivity index is 3.19. The Hall–Kier alpha value is -0.310. The molecule has 0 amide bonds. The van der Waals surface area contributed by atoms with Crippen molar-refractivity contribution in [2.45, 2.75) is 10.7 Å². The summed E-state index contributed by atoms with van der Waals surface area (Å²) in [5.74, 6) is -1.26. The summed E-state index contributed by atoms with van der Waals surface area (Å²) >= 11 is 16.2. The van der Waals surface area contributed by atoms with E-state index >= 15 is 0 Å². The number of halogens is 4. The number of rotatable bonds is 1. The van der Waals surface area contributed by atoms with Crippen molar-refractivity contribution >= 4 is 40.6 Å². The quantitative estimate of drug-likeness (QED) is 0.552. The van der Waals surface area contributed by atoms with Crippen molar-refractivity contribution in [1.82, 2.24) is 0 Å². The van der Waals surface area contributed by atoms with Crippen molar-refractivity contribution in [2.75, 3.05) is 0 Å². The Morgan fingerprint density at radius 3 is 2.43 bits per heavy atom. The number of carbonyl (C=O) groups excluding carboxylic acids is 1. The van der Waals surface area contributed by atoms with E-state index in [2.05, 4.69) is 0 Å². The first kappa shape index (κ1) is 11.8. The van der Waals surface area contributed by atoms with Gasteiger partial charge in [-0.2, -0.15) is 0 Å². The summed E-state index contributed by atoms with van der Waals surface area (Å²) in [5.41, 5.74) is 0.660. The summed E-state index contributed by atoms with van der Waals surface area (Å²) in [7, 11) is 0. The Kier molecular flexibility index (Phi) is 3.40. The van der Waals surface area contributed by atoms with Crippen molar-refractivity contribution in [2.24, 2.45) is 0 Å². The molecule has 1 rings (SSSR count). The Bertz CT molecular complexity index is 371. The molecule has 0 aromatic heterocycles.